The minimum atomic E-state index is 0.395. The summed E-state index contributed by atoms with van der Waals surface area (Å²) in [5.74, 6) is 0.395. The molecule has 0 aliphatic carbocycles. The highest BCUT2D eigenvalue weighted by Gasteiger charge is 2.00. The van der Waals surface area contributed by atoms with Crippen LogP contribution in [0.2, 0.25) is 0 Å². The molecule has 0 saturated heterocycles. The van der Waals surface area contributed by atoms with Gasteiger partial charge in [0.1, 0.15) is 5.75 Å². The van der Waals surface area contributed by atoms with Crippen LogP contribution in [0.4, 0.5) is 0 Å². The topological polar surface area (TPSA) is 20.2 Å². The molecule has 0 aliphatic rings. The Balaban J connectivity index is 2.05. The van der Waals surface area contributed by atoms with Gasteiger partial charge in [-0.05, 0) is 49.4 Å². The second-order valence-electron chi connectivity index (χ2n) is 4.61. The fraction of sp³-hybridized carbons (Fsp3) is 0.250. The van der Waals surface area contributed by atoms with E-state index in [0.29, 0.717) is 5.75 Å². The molecule has 2 aromatic rings. The third-order valence-corrected chi connectivity index (χ3v) is 3.06. The Morgan fingerprint density at radius 3 is 2.24 bits per heavy atom. The lowest BCUT2D eigenvalue weighted by molar-refractivity contribution is 0.470. The molecule has 0 spiro atoms. The zero-order chi connectivity index (χ0) is 12.3. The predicted molar refractivity (Wildman–Crippen MR) is 71.4 cm³/mol. The summed E-state index contributed by atoms with van der Waals surface area (Å²) in [6.45, 7) is 4.03. The quantitative estimate of drug-likeness (QED) is 0.844. The van der Waals surface area contributed by atoms with E-state index in [2.05, 4.69) is 37.3 Å². The molecule has 0 saturated carbocycles. The van der Waals surface area contributed by atoms with Gasteiger partial charge in [0.25, 0.3) is 0 Å². The highest BCUT2D eigenvalue weighted by Crippen LogP contribution is 2.18. The number of aryl methyl sites for hydroxylation is 4. The van der Waals surface area contributed by atoms with Gasteiger partial charge in [0.05, 0.1) is 0 Å². The molecule has 1 N–H and O–H groups in total. The zero-order valence-electron chi connectivity index (χ0n) is 10.4. The molecule has 0 aromatic heterocycles. The van der Waals surface area contributed by atoms with Gasteiger partial charge in [0.15, 0.2) is 0 Å². The number of hydrogen-bond donors (Lipinski definition) is 1. The Morgan fingerprint density at radius 2 is 1.59 bits per heavy atom. The molecule has 0 fully saturated rings. The van der Waals surface area contributed by atoms with Crippen molar-refractivity contribution in [2.24, 2.45) is 0 Å². The van der Waals surface area contributed by atoms with Crippen LogP contribution < -0.4 is 0 Å². The highest BCUT2D eigenvalue weighted by atomic mass is 16.3. The summed E-state index contributed by atoms with van der Waals surface area (Å²) >= 11 is 0. The van der Waals surface area contributed by atoms with Crippen LogP contribution in [0.15, 0.2) is 42.5 Å². The number of aromatic hydroxyl groups is 1. The Bertz CT molecular complexity index is 515. The average molecular weight is 226 g/mol. The van der Waals surface area contributed by atoms with E-state index in [4.69, 9.17) is 0 Å². The first-order valence-electron chi connectivity index (χ1n) is 5.99. The molecule has 0 atom stereocenters. The first kappa shape index (κ1) is 11.7. The van der Waals surface area contributed by atoms with E-state index in [-0.39, 0.29) is 0 Å². The van der Waals surface area contributed by atoms with Gasteiger partial charge in [-0.15, -0.1) is 0 Å². The van der Waals surface area contributed by atoms with Crippen molar-refractivity contribution in [2.45, 2.75) is 26.7 Å². The second kappa shape index (κ2) is 5.05. The van der Waals surface area contributed by atoms with Crippen LogP contribution >= 0.6 is 0 Å². The summed E-state index contributed by atoms with van der Waals surface area (Å²) in [6.07, 6.45) is 1.99. The third kappa shape index (κ3) is 3.10. The van der Waals surface area contributed by atoms with Crippen molar-refractivity contribution in [1.82, 2.24) is 0 Å². The van der Waals surface area contributed by atoms with E-state index >= 15 is 0 Å². The molecular weight excluding hydrogens is 208 g/mol. The monoisotopic (exact) mass is 226 g/mol. The zero-order valence-corrected chi connectivity index (χ0v) is 10.4. The van der Waals surface area contributed by atoms with E-state index in [0.717, 1.165) is 18.4 Å². The van der Waals surface area contributed by atoms with Crippen LogP contribution in [0.5, 0.6) is 5.75 Å². The first-order valence-corrected chi connectivity index (χ1v) is 5.99. The Hall–Kier alpha value is -1.76. The van der Waals surface area contributed by atoms with Crippen LogP contribution in [-0.4, -0.2) is 5.11 Å². The Morgan fingerprint density at radius 1 is 0.882 bits per heavy atom. The number of phenolic OH excluding ortho intramolecular Hbond substituents is 1. The van der Waals surface area contributed by atoms with E-state index in [1.165, 1.54) is 16.7 Å². The van der Waals surface area contributed by atoms with Gasteiger partial charge in [0, 0.05) is 0 Å². The molecule has 17 heavy (non-hydrogen) atoms. The molecule has 2 aromatic carbocycles. The molecule has 2 rings (SSSR count). The van der Waals surface area contributed by atoms with Gasteiger partial charge in [-0.3, -0.25) is 0 Å². The molecule has 0 heterocycles. The molecule has 88 valence electrons. The van der Waals surface area contributed by atoms with Gasteiger partial charge in [0.2, 0.25) is 0 Å². The normalized spacial score (nSPS) is 10.5. The fourth-order valence-corrected chi connectivity index (χ4v) is 1.97. The summed E-state index contributed by atoms with van der Waals surface area (Å²) in [5, 5.41) is 9.64. The minimum Gasteiger partial charge on any atom is -0.508 e. The Kier molecular flexibility index (Phi) is 3.48. The van der Waals surface area contributed by atoms with Gasteiger partial charge in [-0.25, -0.2) is 0 Å². The Labute approximate surface area is 103 Å². The maximum Gasteiger partial charge on any atom is 0.118 e. The molecule has 0 aliphatic heterocycles. The standard InChI is InChI=1S/C16H18O/c1-12-4-3-5-14(10-12)8-9-15-7-6-13(2)16(17)11-15/h3-7,10-11,17H,8-9H2,1-2H3. The van der Waals surface area contributed by atoms with Crippen LogP contribution in [0.25, 0.3) is 0 Å². The molecular formula is C16H18O. The van der Waals surface area contributed by atoms with Crippen molar-refractivity contribution in [3.63, 3.8) is 0 Å². The van der Waals surface area contributed by atoms with E-state index in [1.54, 1.807) is 0 Å². The van der Waals surface area contributed by atoms with Gasteiger partial charge >= 0.3 is 0 Å². The lowest BCUT2D eigenvalue weighted by atomic mass is 10.0. The smallest absolute Gasteiger partial charge is 0.118 e. The van der Waals surface area contributed by atoms with Gasteiger partial charge in [-0.1, -0.05) is 42.0 Å². The first-order chi connectivity index (χ1) is 8.15. The van der Waals surface area contributed by atoms with Crippen LogP contribution in [-0.2, 0) is 12.8 Å². The largest absolute Gasteiger partial charge is 0.508 e. The number of benzene rings is 2. The van der Waals surface area contributed by atoms with Crippen molar-refractivity contribution in [1.29, 1.82) is 0 Å². The lowest BCUT2D eigenvalue weighted by Gasteiger charge is -2.05. The molecule has 0 radical (unpaired) electrons. The second-order valence-corrected chi connectivity index (χ2v) is 4.61. The molecule has 0 unspecified atom stereocenters. The van der Waals surface area contributed by atoms with Gasteiger partial charge < -0.3 is 5.11 Å². The number of rotatable bonds is 3. The fourth-order valence-electron chi connectivity index (χ4n) is 1.97. The van der Waals surface area contributed by atoms with E-state index < -0.39 is 0 Å². The summed E-state index contributed by atoms with van der Waals surface area (Å²) < 4.78 is 0. The molecule has 1 heteroatoms. The maximum absolute atomic E-state index is 9.64. The summed E-state index contributed by atoms with van der Waals surface area (Å²) in [4.78, 5) is 0. The van der Waals surface area contributed by atoms with Crippen LogP contribution in [0.3, 0.4) is 0 Å². The lowest BCUT2D eigenvalue weighted by Crippen LogP contribution is -1.92. The third-order valence-electron chi connectivity index (χ3n) is 3.06. The van der Waals surface area contributed by atoms with Crippen LogP contribution in [0.1, 0.15) is 22.3 Å². The van der Waals surface area contributed by atoms with Crippen molar-refractivity contribution < 1.29 is 5.11 Å². The van der Waals surface area contributed by atoms with Crippen molar-refractivity contribution in [3.8, 4) is 5.75 Å². The van der Waals surface area contributed by atoms with Crippen molar-refractivity contribution in [3.05, 3.63) is 64.7 Å². The summed E-state index contributed by atoms with van der Waals surface area (Å²) in [7, 11) is 0. The molecule has 1 nitrogen and oxygen atoms in total. The SMILES string of the molecule is Cc1cccc(CCc2ccc(C)c(O)c2)c1. The summed E-state index contributed by atoms with van der Waals surface area (Å²) in [5.41, 5.74) is 4.78. The van der Waals surface area contributed by atoms with Crippen LogP contribution in [0, 0.1) is 13.8 Å². The van der Waals surface area contributed by atoms with E-state index in [1.807, 2.05) is 19.1 Å². The van der Waals surface area contributed by atoms with Crippen molar-refractivity contribution in [2.75, 3.05) is 0 Å². The van der Waals surface area contributed by atoms with E-state index in [9.17, 15) is 5.11 Å². The minimum absolute atomic E-state index is 0.395. The van der Waals surface area contributed by atoms with Gasteiger partial charge in [-0.2, -0.15) is 0 Å². The summed E-state index contributed by atoms with van der Waals surface area (Å²) in [6, 6.07) is 14.5. The number of hydrogen-bond acceptors (Lipinski definition) is 1. The molecule has 0 amide bonds. The highest BCUT2D eigenvalue weighted by molar-refractivity contribution is 5.35. The average Bonchev–Trinajstić information content (AvgIpc) is 2.31. The number of phenols is 1. The molecule has 0 bridgehead atoms. The van der Waals surface area contributed by atoms with Crippen molar-refractivity contribution >= 4 is 0 Å². The predicted octanol–water partition coefficient (Wildman–Crippen LogP) is 3.79. The maximum atomic E-state index is 9.64.